The smallest absolute Gasteiger partial charge is 0.378 e. The van der Waals surface area contributed by atoms with Crippen LogP contribution in [0.2, 0.25) is 0 Å². The SMILES string of the molecule is N#C/C(=C\c1cnc(N2CCOCC2)nc1)c1nc2cc(C(F)(F)F)ccc2s1. The lowest BCUT2D eigenvalue weighted by atomic mass is 10.2. The molecule has 1 fully saturated rings. The van der Waals surface area contributed by atoms with Gasteiger partial charge in [0.05, 0.1) is 34.6 Å². The summed E-state index contributed by atoms with van der Waals surface area (Å²) in [6, 6.07) is 5.43. The van der Waals surface area contributed by atoms with E-state index in [1.54, 1.807) is 18.5 Å². The third-order valence-electron chi connectivity index (χ3n) is 4.33. The fourth-order valence-electron chi connectivity index (χ4n) is 2.86. The molecule has 0 spiro atoms. The van der Waals surface area contributed by atoms with Crippen LogP contribution in [0.1, 0.15) is 16.1 Å². The van der Waals surface area contributed by atoms with Gasteiger partial charge in [-0.15, -0.1) is 11.3 Å². The fourth-order valence-corrected chi connectivity index (χ4v) is 3.77. The number of halogens is 3. The second kappa shape index (κ2) is 7.77. The van der Waals surface area contributed by atoms with E-state index < -0.39 is 11.7 Å². The van der Waals surface area contributed by atoms with Crippen molar-refractivity contribution < 1.29 is 17.9 Å². The van der Waals surface area contributed by atoms with Gasteiger partial charge in [-0.1, -0.05) is 0 Å². The summed E-state index contributed by atoms with van der Waals surface area (Å²) in [7, 11) is 0. The molecule has 1 saturated heterocycles. The summed E-state index contributed by atoms with van der Waals surface area (Å²) >= 11 is 1.16. The van der Waals surface area contributed by atoms with E-state index in [-0.39, 0.29) is 11.1 Å². The molecular formula is C19H14F3N5OS. The maximum Gasteiger partial charge on any atom is 0.416 e. The Balaban J connectivity index is 1.61. The monoisotopic (exact) mass is 417 g/mol. The quantitative estimate of drug-likeness (QED) is 0.600. The Labute approximate surface area is 167 Å². The number of rotatable bonds is 3. The van der Waals surface area contributed by atoms with Crippen LogP contribution in [0, 0.1) is 11.3 Å². The first-order valence-corrected chi connectivity index (χ1v) is 9.50. The van der Waals surface area contributed by atoms with E-state index >= 15 is 0 Å². The molecule has 0 N–H and O–H groups in total. The van der Waals surface area contributed by atoms with Crippen LogP contribution in [-0.4, -0.2) is 41.3 Å². The number of anilines is 1. The Kier molecular flexibility index (Phi) is 5.17. The number of thiazole rings is 1. The van der Waals surface area contributed by atoms with E-state index in [9.17, 15) is 18.4 Å². The van der Waals surface area contributed by atoms with E-state index in [4.69, 9.17) is 4.74 Å². The van der Waals surface area contributed by atoms with E-state index in [1.807, 2.05) is 4.90 Å². The average Bonchev–Trinajstić information content (AvgIpc) is 3.15. The van der Waals surface area contributed by atoms with Crippen molar-refractivity contribution >= 4 is 39.2 Å². The number of hydrogen-bond donors (Lipinski definition) is 0. The molecule has 0 bridgehead atoms. The summed E-state index contributed by atoms with van der Waals surface area (Å²) < 4.78 is 44.5. The Morgan fingerprint density at radius 1 is 1.21 bits per heavy atom. The average molecular weight is 417 g/mol. The summed E-state index contributed by atoms with van der Waals surface area (Å²) in [5, 5.41) is 9.86. The molecule has 6 nitrogen and oxygen atoms in total. The van der Waals surface area contributed by atoms with Crippen molar-refractivity contribution in [3.63, 3.8) is 0 Å². The van der Waals surface area contributed by atoms with Gasteiger partial charge < -0.3 is 9.64 Å². The molecule has 1 aliphatic rings. The standard InChI is InChI=1S/C19H14F3N5OS/c20-19(21,22)14-1-2-16-15(8-14)26-17(29-16)13(9-23)7-12-10-24-18(25-11-12)27-3-5-28-6-4-27/h1-2,7-8,10-11H,3-6H2/b13-7+. The van der Waals surface area contributed by atoms with Gasteiger partial charge in [-0.2, -0.15) is 18.4 Å². The molecule has 4 rings (SSSR count). The van der Waals surface area contributed by atoms with Crippen LogP contribution in [0.3, 0.4) is 0 Å². The lowest BCUT2D eigenvalue weighted by Crippen LogP contribution is -2.37. The fraction of sp³-hybridized carbons (Fsp3) is 0.263. The predicted octanol–water partition coefficient (Wildman–Crippen LogP) is 4.01. The van der Waals surface area contributed by atoms with Crippen LogP contribution < -0.4 is 4.90 Å². The number of nitriles is 1. The van der Waals surface area contributed by atoms with Gasteiger partial charge in [-0.25, -0.2) is 15.0 Å². The van der Waals surface area contributed by atoms with Crippen molar-refractivity contribution in [3.05, 3.63) is 46.7 Å². The van der Waals surface area contributed by atoms with Crippen LogP contribution in [-0.2, 0) is 10.9 Å². The molecule has 3 heterocycles. The largest absolute Gasteiger partial charge is 0.416 e. The van der Waals surface area contributed by atoms with Crippen LogP contribution in [0.25, 0.3) is 21.9 Å². The van der Waals surface area contributed by atoms with Gasteiger partial charge in [0.2, 0.25) is 5.95 Å². The van der Waals surface area contributed by atoms with Crippen LogP contribution in [0.15, 0.2) is 30.6 Å². The molecule has 1 aliphatic heterocycles. The Morgan fingerprint density at radius 3 is 2.59 bits per heavy atom. The van der Waals surface area contributed by atoms with Gasteiger partial charge in [0.25, 0.3) is 0 Å². The van der Waals surface area contributed by atoms with E-state index in [2.05, 4.69) is 21.0 Å². The highest BCUT2D eigenvalue weighted by molar-refractivity contribution is 7.19. The number of morpholine rings is 1. The number of hydrogen-bond acceptors (Lipinski definition) is 7. The second-order valence-electron chi connectivity index (χ2n) is 6.28. The summed E-state index contributed by atoms with van der Waals surface area (Å²) in [5.41, 5.74) is 0.285. The van der Waals surface area contributed by atoms with Gasteiger partial charge in [0.1, 0.15) is 11.1 Å². The topological polar surface area (TPSA) is 74.9 Å². The molecular weight excluding hydrogens is 403 g/mol. The summed E-state index contributed by atoms with van der Waals surface area (Å²) in [6.07, 6.45) is 0.339. The number of ether oxygens (including phenoxy) is 1. The van der Waals surface area contributed by atoms with Gasteiger partial charge in [0, 0.05) is 31.0 Å². The van der Waals surface area contributed by atoms with Crippen molar-refractivity contribution in [2.45, 2.75) is 6.18 Å². The number of fused-ring (bicyclic) bond motifs is 1. The van der Waals surface area contributed by atoms with Crippen molar-refractivity contribution in [1.29, 1.82) is 5.26 Å². The highest BCUT2D eigenvalue weighted by atomic mass is 32.1. The third kappa shape index (κ3) is 4.21. The minimum Gasteiger partial charge on any atom is -0.378 e. The third-order valence-corrected chi connectivity index (χ3v) is 5.40. The van der Waals surface area contributed by atoms with Gasteiger partial charge >= 0.3 is 6.18 Å². The summed E-state index contributed by atoms with van der Waals surface area (Å²) in [6.45, 7) is 2.67. The maximum absolute atomic E-state index is 12.9. The number of aromatic nitrogens is 3. The zero-order valence-corrected chi connectivity index (χ0v) is 15.8. The van der Waals surface area contributed by atoms with Crippen LogP contribution in [0.4, 0.5) is 19.1 Å². The van der Waals surface area contributed by atoms with E-state index in [0.717, 1.165) is 23.5 Å². The molecule has 0 amide bonds. The summed E-state index contributed by atoms with van der Waals surface area (Å²) in [5.74, 6) is 0.587. The Bertz CT molecular complexity index is 1100. The number of alkyl halides is 3. The maximum atomic E-state index is 12.9. The van der Waals surface area contributed by atoms with Gasteiger partial charge in [0.15, 0.2) is 0 Å². The lowest BCUT2D eigenvalue weighted by Gasteiger charge is -2.26. The first kappa shape index (κ1) is 19.3. The summed E-state index contributed by atoms with van der Waals surface area (Å²) in [4.78, 5) is 14.9. The van der Waals surface area contributed by atoms with Crippen LogP contribution in [0.5, 0.6) is 0 Å². The molecule has 0 unspecified atom stereocenters. The van der Waals surface area contributed by atoms with Crippen molar-refractivity contribution in [1.82, 2.24) is 15.0 Å². The minimum absolute atomic E-state index is 0.208. The van der Waals surface area contributed by atoms with Crippen molar-refractivity contribution in [2.75, 3.05) is 31.2 Å². The van der Waals surface area contributed by atoms with Crippen LogP contribution >= 0.6 is 11.3 Å². The van der Waals surface area contributed by atoms with Crippen molar-refractivity contribution in [2.24, 2.45) is 0 Å². The minimum atomic E-state index is -4.44. The van der Waals surface area contributed by atoms with Gasteiger partial charge in [-0.05, 0) is 24.3 Å². The molecule has 0 saturated carbocycles. The zero-order valence-electron chi connectivity index (χ0n) is 15.0. The molecule has 0 atom stereocenters. The lowest BCUT2D eigenvalue weighted by molar-refractivity contribution is -0.137. The second-order valence-corrected chi connectivity index (χ2v) is 7.32. The zero-order chi connectivity index (χ0) is 20.4. The first-order chi connectivity index (χ1) is 13.9. The molecule has 2 aromatic heterocycles. The predicted molar refractivity (Wildman–Crippen MR) is 103 cm³/mol. The highest BCUT2D eigenvalue weighted by Crippen LogP contribution is 2.34. The normalized spacial score (nSPS) is 15.5. The number of allylic oxidation sites excluding steroid dienone is 1. The molecule has 3 aromatic rings. The molecule has 29 heavy (non-hydrogen) atoms. The number of benzene rings is 1. The Hall–Kier alpha value is -3.03. The molecule has 1 aromatic carbocycles. The molecule has 0 radical (unpaired) electrons. The molecule has 0 aliphatic carbocycles. The van der Waals surface area contributed by atoms with E-state index in [1.165, 1.54) is 6.07 Å². The molecule has 10 heteroatoms. The van der Waals surface area contributed by atoms with Gasteiger partial charge in [-0.3, -0.25) is 0 Å². The Morgan fingerprint density at radius 2 is 1.93 bits per heavy atom. The van der Waals surface area contributed by atoms with Crippen molar-refractivity contribution in [3.8, 4) is 6.07 Å². The highest BCUT2D eigenvalue weighted by Gasteiger charge is 2.30. The molecule has 148 valence electrons. The first-order valence-electron chi connectivity index (χ1n) is 8.69. The van der Waals surface area contributed by atoms with E-state index in [0.29, 0.717) is 47.5 Å². The number of nitrogens with zero attached hydrogens (tertiary/aromatic N) is 5.